The summed E-state index contributed by atoms with van der Waals surface area (Å²) >= 11 is 0. The molecule has 1 saturated heterocycles. The third kappa shape index (κ3) is 2.74. The number of carbonyl (C=O) groups excluding carboxylic acids is 1. The first-order chi connectivity index (χ1) is 19.4. The van der Waals surface area contributed by atoms with Gasteiger partial charge in [0.05, 0.1) is 29.1 Å². The third-order valence-corrected chi connectivity index (χ3v) is 9.67. The van der Waals surface area contributed by atoms with Crippen molar-refractivity contribution in [2.45, 2.75) is 69.3 Å². The summed E-state index contributed by atoms with van der Waals surface area (Å²) in [6, 6.07) is 16.3. The summed E-state index contributed by atoms with van der Waals surface area (Å²) < 4.78 is 14.7. The number of hydrogen-bond acceptors (Lipinski definition) is 5. The minimum atomic E-state index is -1.89. The Morgan fingerprint density at radius 2 is 1.90 bits per heavy atom. The fourth-order valence-electron chi connectivity index (χ4n) is 7.87. The van der Waals surface area contributed by atoms with Gasteiger partial charge >= 0.3 is 5.97 Å². The van der Waals surface area contributed by atoms with E-state index in [2.05, 4.69) is 30.1 Å². The number of aromatic nitrogens is 2. The zero-order valence-corrected chi connectivity index (χ0v) is 22.7. The third-order valence-electron chi connectivity index (χ3n) is 9.67. The Morgan fingerprint density at radius 3 is 2.75 bits per heavy atom. The lowest BCUT2D eigenvalue weighted by Gasteiger charge is -2.38. The van der Waals surface area contributed by atoms with E-state index in [4.69, 9.17) is 9.47 Å². The summed E-state index contributed by atoms with van der Waals surface area (Å²) in [6.45, 7) is 4.25. The van der Waals surface area contributed by atoms with Gasteiger partial charge < -0.3 is 29.2 Å². The van der Waals surface area contributed by atoms with E-state index < -0.39 is 23.4 Å². The van der Waals surface area contributed by atoms with Crippen molar-refractivity contribution in [2.75, 3.05) is 6.61 Å². The second kappa shape index (κ2) is 8.12. The average Bonchev–Trinajstić information content (AvgIpc) is 3.65. The molecule has 1 fully saturated rings. The highest BCUT2D eigenvalue weighted by Crippen LogP contribution is 2.63. The van der Waals surface area contributed by atoms with Crippen molar-refractivity contribution in [1.82, 2.24) is 9.55 Å². The summed E-state index contributed by atoms with van der Waals surface area (Å²) in [5.74, 6) is -0.709. The van der Waals surface area contributed by atoms with Gasteiger partial charge in [-0.25, -0.2) is 4.79 Å². The molecule has 3 aliphatic rings. The van der Waals surface area contributed by atoms with Gasteiger partial charge in [0.15, 0.2) is 11.6 Å². The predicted octanol–water partition coefficient (Wildman–Crippen LogP) is 6.42. The zero-order valence-electron chi connectivity index (χ0n) is 22.7. The van der Waals surface area contributed by atoms with Crippen molar-refractivity contribution < 1.29 is 24.5 Å². The molecule has 0 saturated carbocycles. The molecule has 0 radical (unpaired) electrons. The molecule has 5 aromatic rings. The smallest absolute Gasteiger partial charge is 0.343 e. The van der Waals surface area contributed by atoms with Gasteiger partial charge in [0.1, 0.15) is 0 Å². The number of aliphatic hydroxyl groups is 1. The number of nitrogens with one attached hydrogen (secondary N) is 1. The first-order valence-electron chi connectivity index (χ1n) is 14.4. The summed E-state index contributed by atoms with van der Waals surface area (Å²) in [7, 11) is 0. The number of benzene rings is 3. The molecule has 204 valence electrons. The lowest BCUT2D eigenvalue weighted by atomic mass is 9.80. The van der Waals surface area contributed by atoms with Crippen LogP contribution in [0.3, 0.4) is 0 Å². The molecule has 4 heterocycles. The Bertz CT molecular complexity index is 1870. The van der Waals surface area contributed by atoms with Gasteiger partial charge in [0, 0.05) is 40.3 Å². The van der Waals surface area contributed by atoms with Gasteiger partial charge in [-0.05, 0) is 36.1 Å². The van der Waals surface area contributed by atoms with Crippen LogP contribution in [0.25, 0.3) is 43.7 Å². The molecular formula is C33H32N2O5. The Kier molecular flexibility index (Phi) is 4.88. The molecule has 3 N–H and O–H groups in total. The lowest BCUT2D eigenvalue weighted by Crippen LogP contribution is -2.56. The second-order valence-corrected chi connectivity index (χ2v) is 11.8. The number of esters is 1. The Balaban J connectivity index is 1.45. The number of nitrogens with zero attached hydrogens (tertiary/aromatic N) is 1. The molecular weight excluding hydrogens is 504 g/mol. The first-order valence-corrected chi connectivity index (χ1v) is 14.4. The summed E-state index contributed by atoms with van der Waals surface area (Å²) in [6.07, 6.45) is 5.43. The van der Waals surface area contributed by atoms with Crippen LogP contribution in [0, 0.1) is 0 Å². The van der Waals surface area contributed by atoms with Crippen molar-refractivity contribution in [3.05, 3.63) is 65.9 Å². The van der Waals surface area contributed by atoms with Gasteiger partial charge in [-0.15, -0.1) is 0 Å². The van der Waals surface area contributed by atoms with Gasteiger partial charge in [0.2, 0.25) is 5.60 Å². The highest BCUT2D eigenvalue weighted by molar-refractivity contribution is 6.27. The van der Waals surface area contributed by atoms with Crippen LogP contribution < -0.4 is 0 Å². The number of aromatic amines is 1. The van der Waals surface area contributed by atoms with E-state index in [1.54, 1.807) is 0 Å². The predicted molar refractivity (Wildman–Crippen MR) is 153 cm³/mol. The Labute approximate surface area is 231 Å². The maximum Gasteiger partial charge on any atom is 0.343 e. The van der Waals surface area contributed by atoms with Crippen molar-refractivity contribution in [2.24, 2.45) is 0 Å². The summed E-state index contributed by atoms with van der Waals surface area (Å²) in [5, 5.41) is 27.1. The van der Waals surface area contributed by atoms with Gasteiger partial charge in [-0.3, -0.25) is 0 Å². The summed E-state index contributed by atoms with van der Waals surface area (Å²) in [5.41, 5.74) is 2.70. The fourth-order valence-corrected chi connectivity index (χ4v) is 7.87. The fraction of sp³-hybridized carbons (Fsp3) is 0.364. The van der Waals surface area contributed by atoms with Crippen LogP contribution >= 0.6 is 0 Å². The van der Waals surface area contributed by atoms with E-state index in [9.17, 15) is 15.0 Å². The zero-order chi connectivity index (χ0) is 27.4. The van der Waals surface area contributed by atoms with Gasteiger partial charge in [0.25, 0.3) is 0 Å². The minimum absolute atomic E-state index is 0.111. The van der Waals surface area contributed by atoms with Crippen LogP contribution in [0.1, 0.15) is 63.0 Å². The van der Waals surface area contributed by atoms with Crippen LogP contribution in [-0.2, 0) is 20.0 Å². The molecule has 0 amide bonds. The molecule has 7 nitrogen and oxygen atoms in total. The van der Waals surface area contributed by atoms with Gasteiger partial charge in [-0.2, -0.15) is 0 Å². The molecule has 7 heteroatoms. The molecule has 2 aliphatic heterocycles. The molecule has 40 heavy (non-hydrogen) atoms. The SMILES string of the molecule is CCCCCCOC(=O)[C@]1(O)CC2O[C@@]1(C)n1c3ccccc3c3c4c[nH]c(O)c4c4c(c31)C2c1ccccc1-4. The molecule has 0 spiro atoms. The van der Waals surface area contributed by atoms with Gasteiger partial charge in [-0.1, -0.05) is 68.7 Å². The van der Waals surface area contributed by atoms with E-state index in [1.807, 2.05) is 48.0 Å². The number of H-pyrrole nitrogens is 1. The van der Waals surface area contributed by atoms with Crippen LogP contribution in [0.5, 0.6) is 5.88 Å². The van der Waals surface area contributed by atoms with Crippen molar-refractivity contribution in [3.63, 3.8) is 0 Å². The maximum absolute atomic E-state index is 13.8. The monoisotopic (exact) mass is 536 g/mol. The molecule has 3 aromatic carbocycles. The number of aromatic hydroxyl groups is 1. The maximum atomic E-state index is 13.8. The number of carbonyl (C=O) groups is 1. The Hall–Kier alpha value is -3.81. The van der Waals surface area contributed by atoms with Crippen LogP contribution in [-0.4, -0.2) is 44.0 Å². The molecule has 4 atom stereocenters. The average molecular weight is 537 g/mol. The number of fused-ring (bicyclic) bond motifs is 13. The number of rotatable bonds is 6. The Morgan fingerprint density at radius 1 is 1.10 bits per heavy atom. The van der Waals surface area contributed by atoms with Crippen LogP contribution in [0.15, 0.2) is 54.7 Å². The molecule has 2 bridgehead atoms. The number of ether oxygens (including phenoxy) is 2. The molecule has 8 rings (SSSR count). The van der Waals surface area contributed by atoms with Crippen molar-refractivity contribution in [1.29, 1.82) is 0 Å². The molecule has 1 aliphatic carbocycles. The highest BCUT2D eigenvalue weighted by Gasteiger charge is 2.67. The second-order valence-electron chi connectivity index (χ2n) is 11.8. The standard InChI is InChI=1S/C33H32N2O5/c1-3-4-5-10-15-39-31(37)33(38)16-23-25-18-11-6-7-12-19(18)26-27-21(17-34-30(27)36)24-20-13-8-9-14-22(20)35(29(24)28(25)26)32(33,2)40-23/h6-9,11-14,17,23,25,34,36,38H,3-5,10,15-16H2,1-2H3/t23?,25?,32-,33-/m1/s1. The van der Waals surface area contributed by atoms with Crippen LogP contribution in [0.4, 0.5) is 0 Å². The number of hydrogen-bond donors (Lipinski definition) is 3. The molecule has 2 unspecified atom stereocenters. The number of para-hydroxylation sites is 1. The van der Waals surface area contributed by atoms with E-state index in [0.29, 0.717) is 0 Å². The van der Waals surface area contributed by atoms with E-state index in [0.717, 1.165) is 80.5 Å². The van der Waals surface area contributed by atoms with E-state index >= 15 is 0 Å². The highest BCUT2D eigenvalue weighted by atomic mass is 16.6. The van der Waals surface area contributed by atoms with Crippen molar-refractivity contribution >= 4 is 38.5 Å². The lowest BCUT2D eigenvalue weighted by molar-refractivity contribution is -0.202. The van der Waals surface area contributed by atoms with E-state index in [-0.39, 0.29) is 24.8 Å². The summed E-state index contributed by atoms with van der Waals surface area (Å²) in [4.78, 5) is 16.9. The minimum Gasteiger partial charge on any atom is -0.494 e. The normalized spacial score (nSPS) is 26.1. The number of unbranched alkanes of at least 4 members (excludes halogenated alkanes) is 3. The van der Waals surface area contributed by atoms with E-state index in [1.165, 1.54) is 0 Å². The van der Waals surface area contributed by atoms with Crippen LogP contribution in [0.2, 0.25) is 0 Å². The topological polar surface area (TPSA) is 96.7 Å². The van der Waals surface area contributed by atoms with Crippen molar-refractivity contribution in [3.8, 4) is 17.0 Å². The largest absolute Gasteiger partial charge is 0.494 e. The quantitative estimate of drug-likeness (QED) is 0.172. The first kappa shape index (κ1) is 24.0. The molecule has 2 aromatic heterocycles.